The topological polar surface area (TPSA) is 68.4 Å². The normalized spacial score (nSPS) is 11.1. The molecule has 0 bridgehead atoms. The van der Waals surface area contributed by atoms with Gasteiger partial charge in [-0.15, -0.1) is 0 Å². The van der Waals surface area contributed by atoms with Crippen LogP contribution in [0.3, 0.4) is 0 Å². The van der Waals surface area contributed by atoms with Crippen molar-refractivity contribution in [2.75, 3.05) is 30.9 Å². The minimum Gasteiger partial charge on any atom is -0.396 e. The molecule has 0 spiro atoms. The molecule has 0 radical (unpaired) electrons. The number of aliphatic hydroxyl groups is 1. The van der Waals surface area contributed by atoms with E-state index in [1.165, 1.54) is 11.8 Å². The number of hydrogen-bond donors (Lipinski definition) is 2. The fourth-order valence-electron chi connectivity index (χ4n) is 0.683. The summed E-state index contributed by atoms with van der Waals surface area (Å²) < 4.78 is 0. The summed E-state index contributed by atoms with van der Waals surface area (Å²) in [6.07, 6.45) is 4.55. The summed E-state index contributed by atoms with van der Waals surface area (Å²) >= 11 is 3.19. The SMILES string of the molecule is CSC(=NCCSCCCO)NC#N. The molecule has 0 unspecified atom stereocenters. The molecule has 0 aliphatic rings. The number of amidine groups is 1. The first kappa shape index (κ1) is 13.6. The van der Waals surface area contributed by atoms with Crippen LogP contribution in [0.15, 0.2) is 4.99 Å². The molecule has 0 rings (SSSR count). The van der Waals surface area contributed by atoms with Gasteiger partial charge in [0.05, 0.1) is 6.54 Å². The van der Waals surface area contributed by atoms with E-state index in [-0.39, 0.29) is 6.61 Å². The molecular weight excluding hydrogens is 218 g/mol. The van der Waals surface area contributed by atoms with Gasteiger partial charge < -0.3 is 5.11 Å². The van der Waals surface area contributed by atoms with Gasteiger partial charge in [0.1, 0.15) is 0 Å². The van der Waals surface area contributed by atoms with Gasteiger partial charge in [0.15, 0.2) is 11.4 Å². The number of nitriles is 1. The van der Waals surface area contributed by atoms with E-state index in [0.717, 1.165) is 17.9 Å². The van der Waals surface area contributed by atoms with Crippen LogP contribution in [0.5, 0.6) is 0 Å². The third-order valence-corrected chi connectivity index (χ3v) is 2.96. The van der Waals surface area contributed by atoms with Crippen LogP contribution in [0.2, 0.25) is 0 Å². The highest BCUT2D eigenvalue weighted by Crippen LogP contribution is 2.02. The predicted molar refractivity (Wildman–Crippen MR) is 63.6 cm³/mol. The molecule has 0 aromatic heterocycles. The lowest BCUT2D eigenvalue weighted by Crippen LogP contribution is -2.13. The van der Waals surface area contributed by atoms with Crippen LogP contribution in [0.1, 0.15) is 6.42 Å². The van der Waals surface area contributed by atoms with Crippen LogP contribution in [0, 0.1) is 11.5 Å². The van der Waals surface area contributed by atoms with E-state index in [1.807, 2.05) is 12.4 Å². The molecule has 0 aromatic carbocycles. The lowest BCUT2D eigenvalue weighted by atomic mass is 10.5. The van der Waals surface area contributed by atoms with Crippen molar-refractivity contribution in [3.8, 4) is 6.19 Å². The van der Waals surface area contributed by atoms with Crippen molar-refractivity contribution in [3.63, 3.8) is 0 Å². The number of aliphatic imine (C=N–C) groups is 1. The number of aliphatic hydroxyl groups excluding tert-OH is 1. The van der Waals surface area contributed by atoms with Crippen molar-refractivity contribution in [1.82, 2.24) is 5.32 Å². The van der Waals surface area contributed by atoms with Gasteiger partial charge in [-0.25, -0.2) is 0 Å². The Hall–Kier alpha value is -0.380. The quantitative estimate of drug-likeness (QED) is 0.234. The van der Waals surface area contributed by atoms with E-state index in [1.54, 1.807) is 11.8 Å². The molecular formula is C8H15N3OS2. The third-order valence-electron chi connectivity index (χ3n) is 1.29. The van der Waals surface area contributed by atoms with Crippen molar-refractivity contribution in [2.24, 2.45) is 4.99 Å². The smallest absolute Gasteiger partial charge is 0.183 e. The molecule has 14 heavy (non-hydrogen) atoms. The molecule has 0 atom stereocenters. The Labute approximate surface area is 93.2 Å². The lowest BCUT2D eigenvalue weighted by Gasteiger charge is -1.99. The maximum Gasteiger partial charge on any atom is 0.183 e. The monoisotopic (exact) mass is 233 g/mol. The Morgan fingerprint density at radius 3 is 2.93 bits per heavy atom. The highest BCUT2D eigenvalue weighted by molar-refractivity contribution is 8.13. The van der Waals surface area contributed by atoms with Crippen molar-refractivity contribution in [2.45, 2.75) is 6.42 Å². The molecule has 0 aliphatic carbocycles. The molecule has 0 fully saturated rings. The van der Waals surface area contributed by atoms with Crippen molar-refractivity contribution in [3.05, 3.63) is 0 Å². The summed E-state index contributed by atoms with van der Waals surface area (Å²) in [6.45, 7) is 0.962. The predicted octanol–water partition coefficient (Wildman–Crippen LogP) is 0.892. The van der Waals surface area contributed by atoms with E-state index >= 15 is 0 Å². The van der Waals surface area contributed by atoms with Crippen LogP contribution >= 0.6 is 23.5 Å². The molecule has 6 heteroatoms. The second kappa shape index (κ2) is 10.7. The maximum atomic E-state index is 8.53. The van der Waals surface area contributed by atoms with E-state index in [9.17, 15) is 0 Å². The zero-order valence-electron chi connectivity index (χ0n) is 8.19. The zero-order valence-corrected chi connectivity index (χ0v) is 9.83. The third kappa shape index (κ3) is 8.23. The Balaban J connectivity index is 3.44. The summed E-state index contributed by atoms with van der Waals surface area (Å²) in [4.78, 5) is 4.19. The van der Waals surface area contributed by atoms with Crippen LogP contribution in [0.25, 0.3) is 0 Å². The summed E-state index contributed by atoms with van der Waals surface area (Å²) in [5, 5.41) is 20.0. The minimum absolute atomic E-state index is 0.252. The average molecular weight is 233 g/mol. The first-order valence-electron chi connectivity index (χ1n) is 4.27. The van der Waals surface area contributed by atoms with Crippen LogP contribution in [-0.4, -0.2) is 41.2 Å². The summed E-state index contributed by atoms with van der Waals surface area (Å²) in [6, 6.07) is 0. The van der Waals surface area contributed by atoms with Gasteiger partial charge in [0.2, 0.25) is 0 Å². The van der Waals surface area contributed by atoms with Crippen molar-refractivity contribution < 1.29 is 5.11 Å². The van der Waals surface area contributed by atoms with Gasteiger partial charge in [-0.05, 0) is 18.4 Å². The lowest BCUT2D eigenvalue weighted by molar-refractivity contribution is 0.296. The number of nitrogens with one attached hydrogen (secondary N) is 1. The van der Waals surface area contributed by atoms with E-state index in [2.05, 4.69) is 10.3 Å². The fourth-order valence-corrected chi connectivity index (χ4v) is 1.81. The van der Waals surface area contributed by atoms with E-state index < -0.39 is 0 Å². The fraction of sp³-hybridized carbons (Fsp3) is 0.750. The molecule has 0 saturated heterocycles. The van der Waals surface area contributed by atoms with Gasteiger partial charge in [-0.1, -0.05) is 11.8 Å². The number of rotatable bonds is 6. The Morgan fingerprint density at radius 2 is 2.36 bits per heavy atom. The highest BCUT2D eigenvalue weighted by Gasteiger charge is 1.93. The van der Waals surface area contributed by atoms with Gasteiger partial charge >= 0.3 is 0 Å². The molecule has 0 aromatic rings. The first-order chi connectivity index (χ1) is 6.85. The van der Waals surface area contributed by atoms with Gasteiger partial charge in [0, 0.05) is 12.4 Å². The summed E-state index contributed by atoms with van der Waals surface area (Å²) in [5.74, 6) is 1.89. The molecule has 0 aliphatic heterocycles. The number of hydrogen-bond acceptors (Lipinski definition) is 5. The first-order valence-corrected chi connectivity index (χ1v) is 6.65. The Bertz CT molecular complexity index is 203. The largest absolute Gasteiger partial charge is 0.396 e. The molecule has 80 valence electrons. The molecule has 0 amide bonds. The molecule has 0 saturated carbocycles. The van der Waals surface area contributed by atoms with Crippen LogP contribution < -0.4 is 5.32 Å². The number of nitrogens with zero attached hydrogens (tertiary/aromatic N) is 2. The second-order valence-corrected chi connectivity index (χ2v) is 4.34. The van der Waals surface area contributed by atoms with Gasteiger partial charge in [-0.2, -0.15) is 17.0 Å². The molecule has 4 nitrogen and oxygen atoms in total. The summed E-state index contributed by atoms with van der Waals surface area (Å²) in [7, 11) is 0. The standard InChI is InChI=1S/C8H15N3OS2/c1-13-8(11-7-9)10-3-6-14-5-2-4-12/h12H,2-6H2,1H3,(H,10,11). The van der Waals surface area contributed by atoms with Gasteiger partial charge in [-0.3, -0.25) is 10.3 Å². The Morgan fingerprint density at radius 1 is 1.57 bits per heavy atom. The molecule has 2 N–H and O–H groups in total. The van der Waals surface area contributed by atoms with Crippen molar-refractivity contribution in [1.29, 1.82) is 5.26 Å². The van der Waals surface area contributed by atoms with E-state index in [4.69, 9.17) is 10.4 Å². The van der Waals surface area contributed by atoms with E-state index in [0.29, 0.717) is 11.7 Å². The average Bonchev–Trinajstić information content (AvgIpc) is 2.21. The van der Waals surface area contributed by atoms with Crippen LogP contribution in [-0.2, 0) is 0 Å². The van der Waals surface area contributed by atoms with Crippen molar-refractivity contribution >= 4 is 28.7 Å². The maximum absolute atomic E-state index is 8.53. The van der Waals surface area contributed by atoms with Crippen LogP contribution in [0.4, 0.5) is 0 Å². The second-order valence-electron chi connectivity index (χ2n) is 2.32. The molecule has 0 heterocycles. The zero-order chi connectivity index (χ0) is 10.6. The Kier molecular flexibility index (Phi) is 10.4. The minimum atomic E-state index is 0.252. The van der Waals surface area contributed by atoms with Gasteiger partial charge in [0.25, 0.3) is 0 Å². The summed E-state index contributed by atoms with van der Waals surface area (Å²) in [5.41, 5.74) is 0. The number of thioether (sulfide) groups is 2. The highest BCUT2D eigenvalue weighted by atomic mass is 32.2.